The lowest BCUT2D eigenvalue weighted by atomic mass is 9.99. The fourth-order valence-corrected chi connectivity index (χ4v) is 2.69. The molecule has 0 aromatic carbocycles. The van der Waals surface area contributed by atoms with Crippen molar-refractivity contribution in [3.63, 3.8) is 0 Å². The Hall–Kier alpha value is -3.20. The van der Waals surface area contributed by atoms with Crippen molar-refractivity contribution in [2.24, 2.45) is 0 Å². The van der Waals surface area contributed by atoms with Crippen molar-refractivity contribution in [1.29, 1.82) is 5.26 Å². The zero-order valence-corrected chi connectivity index (χ0v) is 13.7. The Labute approximate surface area is 140 Å². The van der Waals surface area contributed by atoms with Gasteiger partial charge in [0.05, 0.1) is 11.4 Å². The van der Waals surface area contributed by atoms with Gasteiger partial charge in [-0.2, -0.15) is 10.4 Å². The van der Waals surface area contributed by atoms with Crippen LogP contribution in [0.5, 0.6) is 0 Å². The largest absolute Gasteiger partial charge is 0.383 e. The van der Waals surface area contributed by atoms with Crippen molar-refractivity contribution < 1.29 is 0 Å². The molecule has 0 radical (unpaired) electrons. The van der Waals surface area contributed by atoms with Crippen LogP contribution in [0, 0.1) is 18.3 Å². The molecule has 0 aliphatic heterocycles. The number of nitrogens with two attached hydrogens (primary N) is 1. The fraction of sp³-hybridized carbons (Fsp3) is 0.222. The van der Waals surface area contributed by atoms with Gasteiger partial charge in [0.1, 0.15) is 17.5 Å². The quantitative estimate of drug-likeness (QED) is 0.797. The van der Waals surface area contributed by atoms with Crippen LogP contribution >= 0.6 is 0 Å². The SMILES string of the molecule is CCCn1cc(-c2cc(-c3ccncc3)c(C#N)c(N)n2)c(C)n1. The van der Waals surface area contributed by atoms with Crippen molar-refractivity contribution in [3.05, 3.63) is 48.0 Å². The van der Waals surface area contributed by atoms with Crippen molar-refractivity contribution in [2.75, 3.05) is 5.73 Å². The third-order valence-electron chi connectivity index (χ3n) is 3.83. The van der Waals surface area contributed by atoms with Crippen LogP contribution in [0.25, 0.3) is 22.4 Å². The van der Waals surface area contributed by atoms with E-state index in [4.69, 9.17) is 5.73 Å². The fourth-order valence-electron chi connectivity index (χ4n) is 2.69. The topological polar surface area (TPSA) is 93.4 Å². The van der Waals surface area contributed by atoms with Crippen LogP contribution in [0.3, 0.4) is 0 Å². The minimum absolute atomic E-state index is 0.226. The van der Waals surface area contributed by atoms with Crippen molar-refractivity contribution in [2.45, 2.75) is 26.8 Å². The molecular formula is C18H18N6. The van der Waals surface area contributed by atoms with Gasteiger partial charge < -0.3 is 5.73 Å². The summed E-state index contributed by atoms with van der Waals surface area (Å²) in [5.74, 6) is 0.226. The number of hydrogen-bond acceptors (Lipinski definition) is 5. The van der Waals surface area contributed by atoms with Gasteiger partial charge in [-0.3, -0.25) is 9.67 Å². The second kappa shape index (κ2) is 6.50. The maximum Gasteiger partial charge on any atom is 0.142 e. The zero-order valence-electron chi connectivity index (χ0n) is 13.7. The van der Waals surface area contributed by atoms with E-state index < -0.39 is 0 Å². The maximum absolute atomic E-state index is 9.45. The van der Waals surface area contributed by atoms with E-state index in [0.29, 0.717) is 5.56 Å². The molecule has 0 fully saturated rings. The number of pyridine rings is 2. The van der Waals surface area contributed by atoms with Crippen LogP contribution in [0.1, 0.15) is 24.6 Å². The third-order valence-corrected chi connectivity index (χ3v) is 3.83. The van der Waals surface area contributed by atoms with E-state index in [2.05, 4.69) is 28.1 Å². The first-order chi connectivity index (χ1) is 11.6. The molecule has 3 aromatic heterocycles. The monoisotopic (exact) mass is 318 g/mol. The van der Waals surface area contributed by atoms with Gasteiger partial charge in [-0.25, -0.2) is 4.98 Å². The molecule has 0 aliphatic carbocycles. The minimum Gasteiger partial charge on any atom is -0.383 e. The molecule has 0 amide bonds. The smallest absolute Gasteiger partial charge is 0.142 e. The first kappa shape index (κ1) is 15.7. The summed E-state index contributed by atoms with van der Waals surface area (Å²) in [6.07, 6.45) is 6.36. The molecule has 0 atom stereocenters. The summed E-state index contributed by atoms with van der Waals surface area (Å²) in [5.41, 5.74) is 10.6. The van der Waals surface area contributed by atoms with Crippen LogP contribution < -0.4 is 5.73 Å². The van der Waals surface area contributed by atoms with Gasteiger partial charge >= 0.3 is 0 Å². The Morgan fingerprint density at radius 2 is 2.00 bits per heavy atom. The lowest BCUT2D eigenvalue weighted by molar-refractivity contribution is 0.598. The van der Waals surface area contributed by atoms with Gasteiger partial charge in [0.2, 0.25) is 0 Å². The van der Waals surface area contributed by atoms with Gasteiger partial charge in [-0.1, -0.05) is 6.92 Å². The Kier molecular flexibility index (Phi) is 4.25. The number of aromatic nitrogens is 4. The maximum atomic E-state index is 9.45. The number of rotatable bonds is 4. The molecule has 6 nitrogen and oxygen atoms in total. The highest BCUT2D eigenvalue weighted by atomic mass is 15.3. The number of anilines is 1. The Balaban J connectivity index is 2.18. The van der Waals surface area contributed by atoms with Crippen LogP contribution in [-0.2, 0) is 6.54 Å². The lowest BCUT2D eigenvalue weighted by Crippen LogP contribution is -2.00. The molecule has 3 heterocycles. The van der Waals surface area contributed by atoms with Crippen LogP contribution in [0.4, 0.5) is 5.82 Å². The minimum atomic E-state index is 0.226. The van der Waals surface area contributed by atoms with Crippen molar-refractivity contribution >= 4 is 5.82 Å². The van der Waals surface area contributed by atoms with E-state index in [9.17, 15) is 5.26 Å². The predicted octanol–water partition coefficient (Wildman–Crippen LogP) is 3.18. The van der Waals surface area contributed by atoms with Gasteiger partial charge in [-0.15, -0.1) is 0 Å². The van der Waals surface area contributed by atoms with Crippen molar-refractivity contribution in [3.8, 4) is 28.5 Å². The molecule has 6 heteroatoms. The molecule has 0 aliphatic rings. The molecule has 120 valence electrons. The highest BCUT2D eigenvalue weighted by Crippen LogP contribution is 2.31. The molecule has 0 bridgehead atoms. The highest BCUT2D eigenvalue weighted by Gasteiger charge is 2.16. The summed E-state index contributed by atoms with van der Waals surface area (Å²) in [6.45, 7) is 4.91. The third kappa shape index (κ3) is 2.84. The second-order valence-electron chi connectivity index (χ2n) is 5.55. The Bertz CT molecular complexity index is 905. The van der Waals surface area contributed by atoms with E-state index >= 15 is 0 Å². The van der Waals surface area contributed by atoms with E-state index in [-0.39, 0.29) is 5.82 Å². The standard InChI is InChI=1S/C18H18N6/c1-3-8-24-11-16(12(2)23-24)17-9-14(13-4-6-21-7-5-13)15(10-19)18(20)22-17/h4-7,9,11H,3,8H2,1-2H3,(H2,20,22). The molecule has 2 N–H and O–H groups in total. The first-order valence-corrected chi connectivity index (χ1v) is 7.79. The number of nitrogen functional groups attached to an aromatic ring is 1. The summed E-state index contributed by atoms with van der Waals surface area (Å²) >= 11 is 0. The second-order valence-corrected chi connectivity index (χ2v) is 5.55. The summed E-state index contributed by atoms with van der Waals surface area (Å²) in [7, 11) is 0. The van der Waals surface area contributed by atoms with Gasteiger partial charge in [0.15, 0.2) is 0 Å². The van der Waals surface area contributed by atoms with Crippen molar-refractivity contribution in [1.82, 2.24) is 19.7 Å². The average Bonchev–Trinajstić information content (AvgIpc) is 2.96. The normalized spacial score (nSPS) is 10.5. The first-order valence-electron chi connectivity index (χ1n) is 7.79. The average molecular weight is 318 g/mol. The van der Waals surface area contributed by atoms with E-state index in [1.807, 2.05) is 36.0 Å². The highest BCUT2D eigenvalue weighted by molar-refractivity contribution is 5.80. The summed E-state index contributed by atoms with van der Waals surface area (Å²) in [4.78, 5) is 8.45. The molecule has 3 aromatic rings. The Morgan fingerprint density at radius 1 is 1.25 bits per heavy atom. The summed E-state index contributed by atoms with van der Waals surface area (Å²) in [6, 6.07) is 7.75. The van der Waals surface area contributed by atoms with E-state index in [0.717, 1.165) is 41.0 Å². The molecule has 3 rings (SSSR count). The molecule has 0 saturated carbocycles. The lowest BCUT2D eigenvalue weighted by Gasteiger charge is -2.09. The molecule has 24 heavy (non-hydrogen) atoms. The number of aryl methyl sites for hydroxylation is 2. The van der Waals surface area contributed by atoms with Gasteiger partial charge in [-0.05, 0) is 37.1 Å². The molecule has 0 saturated heterocycles. The van der Waals surface area contributed by atoms with E-state index in [1.54, 1.807) is 12.4 Å². The van der Waals surface area contributed by atoms with Crippen LogP contribution in [0.15, 0.2) is 36.8 Å². The summed E-state index contributed by atoms with van der Waals surface area (Å²) in [5, 5.41) is 14.0. The summed E-state index contributed by atoms with van der Waals surface area (Å²) < 4.78 is 1.91. The van der Waals surface area contributed by atoms with Crippen LogP contribution in [0.2, 0.25) is 0 Å². The molecular weight excluding hydrogens is 300 g/mol. The number of nitriles is 1. The predicted molar refractivity (Wildman–Crippen MR) is 92.8 cm³/mol. The van der Waals surface area contributed by atoms with E-state index in [1.165, 1.54) is 0 Å². The zero-order chi connectivity index (χ0) is 17.1. The molecule has 0 unspecified atom stereocenters. The number of nitrogens with zero attached hydrogens (tertiary/aromatic N) is 5. The Morgan fingerprint density at radius 3 is 2.67 bits per heavy atom. The van der Waals surface area contributed by atoms with Gasteiger partial charge in [0, 0.05) is 36.3 Å². The molecule has 0 spiro atoms. The van der Waals surface area contributed by atoms with Crippen LogP contribution in [-0.4, -0.2) is 19.7 Å². The number of hydrogen-bond donors (Lipinski definition) is 1. The van der Waals surface area contributed by atoms with Gasteiger partial charge in [0.25, 0.3) is 0 Å².